The van der Waals surface area contributed by atoms with Crippen molar-refractivity contribution in [1.29, 1.82) is 0 Å². The molecule has 0 saturated carbocycles. The monoisotopic (exact) mass is 379 g/mol. The Hall–Kier alpha value is -0.960. The molecule has 0 bridgehead atoms. The Bertz CT molecular complexity index is 508. The Balaban J connectivity index is 2.25. The van der Waals surface area contributed by atoms with Gasteiger partial charge in [-0.2, -0.15) is 0 Å². The number of carbonyl (C=O) groups is 2. The molecule has 1 heterocycles. The average molecular weight is 379 g/mol. The standard InChI is InChI=1S/C11H10INO4S/c12-7-2-1-6(3-9(7)14)10(15)13-5-18-4-8(13)11(16)17/h1-3,8,14H,4-5H2,(H,16,17). The molecule has 1 aliphatic heterocycles. The number of thioether (sulfide) groups is 1. The smallest absolute Gasteiger partial charge is 0.327 e. The van der Waals surface area contributed by atoms with Gasteiger partial charge in [0.2, 0.25) is 0 Å². The van der Waals surface area contributed by atoms with Crippen LogP contribution in [0.15, 0.2) is 18.2 Å². The number of benzene rings is 1. The van der Waals surface area contributed by atoms with Gasteiger partial charge in [0.1, 0.15) is 11.8 Å². The molecular formula is C11H10INO4S. The molecule has 0 spiro atoms. The van der Waals surface area contributed by atoms with Gasteiger partial charge in [0.15, 0.2) is 0 Å². The van der Waals surface area contributed by atoms with Crippen molar-refractivity contribution in [2.45, 2.75) is 6.04 Å². The molecule has 2 rings (SSSR count). The van der Waals surface area contributed by atoms with E-state index in [0.29, 0.717) is 20.8 Å². The summed E-state index contributed by atoms with van der Waals surface area (Å²) in [4.78, 5) is 24.5. The molecule has 18 heavy (non-hydrogen) atoms. The summed E-state index contributed by atoms with van der Waals surface area (Å²) in [7, 11) is 0. The Kier molecular flexibility index (Phi) is 4.00. The maximum Gasteiger partial charge on any atom is 0.327 e. The molecule has 0 aliphatic carbocycles. The lowest BCUT2D eigenvalue weighted by atomic mass is 10.1. The molecule has 1 fully saturated rings. The summed E-state index contributed by atoms with van der Waals surface area (Å²) in [5, 5.41) is 18.6. The van der Waals surface area contributed by atoms with Crippen molar-refractivity contribution < 1.29 is 19.8 Å². The second-order valence-electron chi connectivity index (χ2n) is 3.80. The van der Waals surface area contributed by atoms with Crippen LogP contribution in [0.1, 0.15) is 10.4 Å². The van der Waals surface area contributed by atoms with E-state index in [1.165, 1.54) is 22.7 Å². The largest absolute Gasteiger partial charge is 0.507 e. The number of carboxylic acids is 1. The molecule has 96 valence electrons. The highest BCUT2D eigenvalue weighted by atomic mass is 127. The topological polar surface area (TPSA) is 77.8 Å². The maximum absolute atomic E-state index is 12.2. The van der Waals surface area contributed by atoms with Gasteiger partial charge in [-0.1, -0.05) is 0 Å². The van der Waals surface area contributed by atoms with Crippen LogP contribution in [0.25, 0.3) is 0 Å². The van der Waals surface area contributed by atoms with Crippen LogP contribution >= 0.6 is 34.4 Å². The van der Waals surface area contributed by atoms with E-state index < -0.39 is 12.0 Å². The lowest BCUT2D eigenvalue weighted by molar-refractivity contribution is -0.140. The highest BCUT2D eigenvalue weighted by molar-refractivity contribution is 14.1. The predicted octanol–water partition coefficient (Wildman–Crippen LogP) is 1.60. The van der Waals surface area contributed by atoms with Crippen molar-refractivity contribution in [2.24, 2.45) is 0 Å². The summed E-state index contributed by atoms with van der Waals surface area (Å²) in [6, 6.07) is 3.80. The third-order valence-electron chi connectivity index (χ3n) is 2.62. The van der Waals surface area contributed by atoms with Crippen molar-refractivity contribution in [3.63, 3.8) is 0 Å². The van der Waals surface area contributed by atoms with E-state index in [0.717, 1.165) is 0 Å². The van der Waals surface area contributed by atoms with Crippen LogP contribution in [0.3, 0.4) is 0 Å². The van der Waals surface area contributed by atoms with Gasteiger partial charge in [-0.05, 0) is 40.8 Å². The van der Waals surface area contributed by atoms with Crippen LogP contribution in [-0.2, 0) is 4.79 Å². The Labute approximate surface area is 121 Å². The third-order valence-corrected chi connectivity index (χ3v) is 4.55. The van der Waals surface area contributed by atoms with Crippen LogP contribution in [0.5, 0.6) is 5.75 Å². The quantitative estimate of drug-likeness (QED) is 0.764. The van der Waals surface area contributed by atoms with Gasteiger partial charge in [-0.3, -0.25) is 4.79 Å². The number of phenolic OH excluding ortho intramolecular Hbond substituents is 1. The molecule has 1 amide bonds. The number of hydrogen-bond donors (Lipinski definition) is 2. The number of carboxylic acid groups (broad SMARTS) is 1. The first kappa shape index (κ1) is 13.5. The third kappa shape index (κ3) is 2.56. The van der Waals surface area contributed by atoms with E-state index in [2.05, 4.69) is 0 Å². The second-order valence-corrected chi connectivity index (χ2v) is 5.96. The van der Waals surface area contributed by atoms with Crippen molar-refractivity contribution in [1.82, 2.24) is 4.90 Å². The molecule has 1 aromatic carbocycles. The van der Waals surface area contributed by atoms with Gasteiger partial charge >= 0.3 is 5.97 Å². The van der Waals surface area contributed by atoms with Crippen molar-refractivity contribution in [3.8, 4) is 5.75 Å². The SMILES string of the molecule is O=C(O)C1CSCN1C(=O)c1ccc(I)c(O)c1. The predicted molar refractivity (Wildman–Crippen MR) is 75.7 cm³/mol. The van der Waals surface area contributed by atoms with Crippen LogP contribution in [0, 0.1) is 3.57 Å². The number of carbonyl (C=O) groups excluding carboxylic acids is 1. The number of amides is 1. The van der Waals surface area contributed by atoms with Gasteiger partial charge in [-0.15, -0.1) is 11.8 Å². The number of aromatic hydroxyl groups is 1. The van der Waals surface area contributed by atoms with Crippen molar-refractivity contribution in [3.05, 3.63) is 27.3 Å². The zero-order valence-electron chi connectivity index (χ0n) is 9.17. The summed E-state index contributed by atoms with van der Waals surface area (Å²) in [6.45, 7) is 0. The molecule has 0 radical (unpaired) electrons. The molecule has 1 unspecified atom stereocenters. The number of nitrogens with zero attached hydrogens (tertiary/aromatic N) is 1. The fourth-order valence-corrected chi connectivity index (χ4v) is 3.14. The van der Waals surface area contributed by atoms with E-state index in [9.17, 15) is 14.7 Å². The first-order valence-corrected chi connectivity index (χ1v) is 7.34. The zero-order valence-corrected chi connectivity index (χ0v) is 12.1. The summed E-state index contributed by atoms with van der Waals surface area (Å²) >= 11 is 3.36. The number of hydrogen-bond acceptors (Lipinski definition) is 4. The first-order valence-electron chi connectivity index (χ1n) is 5.10. The summed E-state index contributed by atoms with van der Waals surface area (Å²) < 4.78 is 0.648. The van der Waals surface area contributed by atoms with Gasteiger partial charge < -0.3 is 15.1 Å². The van der Waals surface area contributed by atoms with E-state index in [1.807, 2.05) is 22.6 Å². The maximum atomic E-state index is 12.2. The van der Waals surface area contributed by atoms with Crippen LogP contribution in [-0.4, -0.2) is 44.7 Å². The minimum atomic E-state index is -0.997. The fourth-order valence-electron chi connectivity index (χ4n) is 1.66. The molecule has 5 nitrogen and oxygen atoms in total. The molecule has 1 aliphatic rings. The molecule has 2 N–H and O–H groups in total. The van der Waals surface area contributed by atoms with Crippen LogP contribution in [0.2, 0.25) is 0 Å². The highest BCUT2D eigenvalue weighted by Gasteiger charge is 2.35. The van der Waals surface area contributed by atoms with Gasteiger partial charge in [-0.25, -0.2) is 4.79 Å². The second kappa shape index (κ2) is 5.35. The molecule has 0 aromatic heterocycles. The summed E-state index contributed by atoms with van der Waals surface area (Å²) in [5.41, 5.74) is 0.307. The highest BCUT2D eigenvalue weighted by Crippen LogP contribution is 2.26. The number of aliphatic carboxylic acids is 1. The molecule has 1 atom stereocenters. The van der Waals surface area contributed by atoms with Gasteiger partial charge in [0.25, 0.3) is 5.91 Å². The Morgan fingerprint density at radius 1 is 1.44 bits per heavy atom. The lowest BCUT2D eigenvalue weighted by Crippen LogP contribution is -2.41. The minimum Gasteiger partial charge on any atom is -0.507 e. The van der Waals surface area contributed by atoms with E-state index >= 15 is 0 Å². The number of halogens is 1. The van der Waals surface area contributed by atoms with Gasteiger partial charge in [0, 0.05) is 11.3 Å². The zero-order chi connectivity index (χ0) is 13.3. The average Bonchev–Trinajstić information content (AvgIpc) is 2.81. The fraction of sp³-hybridized carbons (Fsp3) is 0.273. The molecule has 7 heteroatoms. The first-order chi connectivity index (χ1) is 8.50. The molecule has 1 saturated heterocycles. The van der Waals surface area contributed by atoms with E-state index in [1.54, 1.807) is 12.1 Å². The number of rotatable bonds is 2. The lowest BCUT2D eigenvalue weighted by Gasteiger charge is -2.20. The summed E-state index contributed by atoms with van der Waals surface area (Å²) in [5.74, 6) is -0.567. The van der Waals surface area contributed by atoms with Crippen molar-refractivity contribution >= 4 is 46.2 Å². The van der Waals surface area contributed by atoms with Crippen molar-refractivity contribution in [2.75, 3.05) is 11.6 Å². The Morgan fingerprint density at radius 3 is 2.78 bits per heavy atom. The molecular weight excluding hydrogens is 369 g/mol. The molecule has 1 aromatic rings. The van der Waals surface area contributed by atoms with E-state index in [4.69, 9.17) is 5.11 Å². The summed E-state index contributed by atoms with van der Waals surface area (Å²) in [6.07, 6.45) is 0. The minimum absolute atomic E-state index is 0.0279. The van der Waals surface area contributed by atoms with Crippen LogP contribution in [0.4, 0.5) is 0 Å². The van der Waals surface area contributed by atoms with E-state index in [-0.39, 0.29) is 11.7 Å². The number of phenols is 1. The van der Waals surface area contributed by atoms with Gasteiger partial charge in [0.05, 0.1) is 9.45 Å². The normalized spacial score (nSPS) is 18.9. The van der Waals surface area contributed by atoms with Crippen LogP contribution < -0.4 is 0 Å². The Morgan fingerprint density at radius 2 is 2.17 bits per heavy atom.